The van der Waals surface area contributed by atoms with Crippen LogP contribution in [0.1, 0.15) is 40.9 Å². The van der Waals surface area contributed by atoms with Gasteiger partial charge in [-0.15, -0.1) is 0 Å². The van der Waals surface area contributed by atoms with Gasteiger partial charge in [-0.3, -0.25) is 13.9 Å². The summed E-state index contributed by atoms with van der Waals surface area (Å²) in [6.45, 7) is 4.67. The maximum atomic E-state index is 14.4. The fraction of sp³-hybridized carbons (Fsp3) is 0.303. The highest BCUT2D eigenvalue weighted by Gasteiger charge is 2.26. The van der Waals surface area contributed by atoms with Crippen molar-refractivity contribution in [2.75, 3.05) is 18.0 Å². The third-order valence-corrected chi connectivity index (χ3v) is 7.79. The molecule has 6 rings (SSSR count). The second-order valence-corrected chi connectivity index (χ2v) is 10.9. The average Bonchev–Trinajstić information content (AvgIpc) is 3.34. The molecule has 1 aliphatic rings. The number of benzene rings is 3. The van der Waals surface area contributed by atoms with Crippen LogP contribution in [0.3, 0.4) is 0 Å². The van der Waals surface area contributed by atoms with Gasteiger partial charge in [0.15, 0.2) is 11.2 Å². The van der Waals surface area contributed by atoms with E-state index < -0.39 is 0 Å². The maximum absolute atomic E-state index is 14.4. The smallest absolute Gasteiger partial charge is 0.280 e. The molecule has 0 aliphatic carbocycles. The molecular formula is C33H36N6O. The molecule has 204 valence electrons. The Hall–Kier alpha value is -4.23. The normalized spacial score (nSPS) is 15.6. The van der Waals surface area contributed by atoms with Gasteiger partial charge in [-0.2, -0.15) is 4.98 Å². The molecule has 0 spiro atoms. The van der Waals surface area contributed by atoms with Crippen molar-refractivity contribution in [3.8, 4) is 0 Å². The highest BCUT2D eigenvalue weighted by molar-refractivity contribution is 5.74. The number of hydrogen-bond donors (Lipinski definition) is 1. The molecule has 7 nitrogen and oxygen atoms in total. The third-order valence-electron chi connectivity index (χ3n) is 7.79. The molecule has 1 unspecified atom stereocenters. The molecule has 1 atom stereocenters. The summed E-state index contributed by atoms with van der Waals surface area (Å²) in [5.74, 6) is 1.54. The Morgan fingerprint density at radius 2 is 1.45 bits per heavy atom. The van der Waals surface area contributed by atoms with Crippen molar-refractivity contribution in [1.29, 1.82) is 0 Å². The number of piperidine rings is 1. The van der Waals surface area contributed by atoms with Crippen molar-refractivity contribution in [3.05, 3.63) is 123 Å². The van der Waals surface area contributed by atoms with Gasteiger partial charge in [-0.25, -0.2) is 4.98 Å². The lowest BCUT2D eigenvalue weighted by molar-refractivity contribution is 0.495. The van der Waals surface area contributed by atoms with Crippen LogP contribution in [0.25, 0.3) is 11.2 Å². The summed E-state index contributed by atoms with van der Waals surface area (Å²) in [6, 6.07) is 29.0. The lowest BCUT2D eigenvalue weighted by Crippen LogP contribution is -2.44. The van der Waals surface area contributed by atoms with Crippen LogP contribution < -0.4 is 16.2 Å². The van der Waals surface area contributed by atoms with Crippen molar-refractivity contribution >= 4 is 17.1 Å². The molecular weight excluding hydrogens is 496 g/mol. The van der Waals surface area contributed by atoms with E-state index in [1.807, 2.05) is 41.0 Å². The molecule has 5 aromatic rings. The SMILES string of the molecule is Cc1ccc(Cn2c(CCc3ccccc3)nc3nc(N4CCCC(N)C4)n(Cc4ccccc4)c3c2=O)cc1. The van der Waals surface area contributed by atoms with E-state index in [2.05, 4.69) is 64.9 Å². The fourth-order valence-electron chi connectivity index (χ4n) is 5.63. The third kappa shape index (κ3) is 5.56. The largest absolute Gasteiger partial charge is 0.341 e. The first-order valence-corrected chi connectivity index (χ1v) is 14.2. The molecule has 1 saturated heterocycles. The lowest BCUT2D eigenvalue weighted by atomic mass is 10.1. The van der Waals surface area contributed by atoms with E-state index in [4.69, 9.17) is 15.7 Å². The Morgan fingerprint density at radius 3 is 2.15 bits per heavy atom. The van der Waals surface area contributed by atoms with Crippen LogP contribution in [0.4, 0.5) is 5.95 Å². The Morgan fingerprint density at radius 1 is 0.800 bits per heavy atom. The molecule has 7 heteroatoms. The van der Waals surface area contributed by atoms with E-state index in [0.29, 0.717) is 30.7 Å². The summed E-state index contributed by atoms with van der Waals surface area (Å²) >= 11 is 0. The van der Waals surface area contributed by atoms with Gasteiger partial charge >= 0.3 is 0 Å². The van der Waals surface area contributed by atoms with Gasteiger partial charge in [-0.1, -0.05) is 90.5 Å². The van der Waals surface area contributed by atoms with E-state index in [9.17, 15) is 4.79 Å². The van der Waals surface area contributed by atoms with E-state index >= 15 is 0 Å². The van der Waals surface area contributed by atoms with E-state index in [0.717, 1.165) is 55.3 Å². The second-order valence-electron chi connectivity index (χ2n) is 10.9. The summed E-state index contributed by atoms with van der Waals surface area (Å²) in [5, 5.41) is 0. The number of aromatic nitrogens is 4. The van der Waals surface area contributed by atoms with Gasteiger partial charge in [0.25, 0.3) is 5.56 Å². The molecule has 2 N–H and O–H groups in total. The predicted molar refractivity (Wildman–Crippen MR) is 161 cm³/mol. The summed E-state index contributed by atoms with van der Waals surface area (Å²) in [5.41, 5.74) is 12.0. The van der Waals surface area contributed by atoms with Crippen LogP contribution in [-0.2, 0) is 25.9 Å². The van der Waals surface area contributed by atoms with Crippen molar-refractivity contribution in [1.82, 2.24) is 19.1 Å². The Bertz CT molecular complexity index is 1640. The van der Waals surface area contributed by atoms with Crippen molar-refractivity contribution < 1.29 is 0 Å². The van der Waals surface area contributed by atoms with Gasteiger partial charge in [0.05, 0.1) is 13.1 Å². The first-order valence-electron chi connectivity index (χ1n) is 14.2. The summed E-state index contributed by atoms with van der Waals surface area (Å²) in [4.78, 5) is 26.7. The van der Waals surface area contributed by atoms with Crippen LogP contribution in [0.15, 0.2) is 89.7 Å². The molecule has 3 heterocycles. The zero-order valence-electron chi connectivity index (χ0n) is 23.0. The summed E-state index contributed by atoms with van der Waals surface area (Å²) in [7, 11) is 0. The minimum atomic E-state index is -0.0513. The molecule has 0 amide bonds. The Kier molecular flexibility index (Phi) is 7.47. The number of nitrogens with zero attached hydrogens (tertiary/aromatic N) is 5. The summed E-state index contributed by atoms with van der Waals surface area (Å²) in [6.07, 6.45) is 3.45. The first-order chi connectivity index (χ1) is 19.5. The van der Waals surface area contributed by atoms with E-state index in [1.54, 1.807) is 0 Å². The Labute approximate surface area is 234 Å². The molecule has 0 saturated carbocycles. The van der Waals surface area contributed by atoms with Gasteiger partial charge in [0.2, 0.25) is 5.95 Å². The van der Waals surface area contributed by atoms with Crippen LogP contribution in [0, 0.1) is 6.92 Å². The average molecular weight is 533 g/mol. The molecule has 1 fully saturated rings. The summed E-state index contributed by atoms with van der Waals surface area (Å²) < 4.78 is 3.91. The molecule has 0 radical (unpaired) electrons. The molecule has 3 aromatic carbocycles. The molecule has 2 aromatic heterocycles. The van der Waals surface area contributed by atoms with Crippen LogP contribution >= 0.6 is 0 Å². The standard InChI is InChI=1S/C33H36N6O/c1-24-14-16-27(17-15-24)21-38-29(19-18-25-9-4-2-5-10-25)35-31-30(32(38)40)39(22-26-11-6-3-7-12-26)33(36-31)37-20-8-13-28(34)23-37/h2-7,9-12,14-17,28H,8,13,18-23,34H2,1H3. The van der Waals surface area contributed by atoms with Crippen molar-refractivity contribution in [3.63, 3.8) is 0 Å². The van der Waals surface area contributed by atoms with Gasteiger partial charge < -0.3 is 10.6 Å². The maximum Gasteiger partial charge on any atom is 0.280 e. The minimum absolute atomic E-state index is 0.0513. The number of rotatable bonds is 8. The van der Waals surface area contributed by atoms with E-state index in [-0.39, 0.29) is 11.6 Å². The highest BCUT2D eigenvalue weighted by atomic mass is 16.1. The number of hydrogen-bond acceptors (Lipinski definition) is 5. The minimum Gasteiger partial charge on any atom is -0.341 e. The van der Waals surface area contributed by atoms with Crippen molar-refractivity contribution in [2.24, 2.45) is 5.73 Å². The molecule has 40 heavy (non-hydrogen) atoms. The van der Waals surface area contributed by atoms with Crippen LogP contribution in [0.5, 0.6) is 0 Å². The van der Waals surface area contributed by atoms with E-state index in [1.165, 1.54) is 11.1 Å². The van der Waals surface area contributed by atoms with Crippen LogP contribution in [0.2, 0.25) is 0 Å². The number of aryl methyl sites for hydroxylation is 3. The highest BCUT2D eigenvalue weighted by Crippen LogP contribution is 2.25. The Balaban J connectivity index is 1.50. The monoisotopic (exact) mass is 532 g/mol. The molecule has 0 bridgehead atoms. The predicted octanol–water partition coefficient (Wildman–Crippen LogP) is 4.71. The van der Waals surface area contributed by atoms with Gasteiger partial charge in [0.1, 0.15) is 5.82 Å². The molecule has 1 aliphatic heterocycles. The quantitative estimate of drug-likeness (QED) is 0.313. The lowest BCUT2D eigenvalue weighted by Gasteiger charge is -2.31. The van der Waals surface area contributed by atoms with Crippen LogP contribution in [-0.4, -0.2) is 38.2 Å². The number of anilines is 1. The number of imidazole rings is 1. The number of nitrogens with two attached hydrogens (primary N) is 1. The van der Waals surface area contributed by atoms with Crippen molar-refractivity contribution in [2.45, 2.75) is 51.7 Å². The zero-order valence-corrected chi connectivity index (χ0v) is 23.0. The topological polar surface area (TPSA) is 82.0 Å². The fourth-order valence-corrected chi connectivity index (χ4v) is 5.63. The first kappa shape index (κ1) is 26.0. The van der Waals surface area contributed by atoms with Gasteiger partial charge in [0, 0.05) is 25.6 Å². The zero-order chi connectivity index (χ0) is 27.5. The second kappa shape index (κ2) is 11.5. The van der Waals surface area contributed by atoms with Gasteiger partial charge in [-0.05, 0) is 42.9 Å². The number of fused-ring (bicyclic) bond motifs is 1.